The van der Waals surface area contributed by atoms with E-state index in [9.17, 15) is 9.59 Å². The van der Waals surface area contributed by atoms with Crippen molar-refractivity contribution in [2.45, 2.75) is 32.2 Å². The van der Waals surface area contributed by atoms with Crippen molar-refractivity contribution in [2.75, 3.05) is 20.3 Å². The van der Waals surface area contributed by atoms with Gasteiger partial charge in [0.15, 0.2) is 0 Å². The summed E-state index contributed by atoms with van der Waals surface area (Å²) in [5, 5.41) is 28.1. The average Bonchev–Trinajstić information content (AvgIpc) is 2.43. The molecular weight excluding hydrogens is 268 g/mol. The molecule has 0 aromatic heterocycles. The Morgan fingerprint density at radius 3 is 2.60 bits per heavy atom. The highest BCUT2D eigenvalue weighted by Gasteiger charge is 2.16. The van der Waals surface area contributed by atoms with E-state index < -0.39 is 18.1 Å². The maximum atomic E-state index is 10.9. The topological polar surface area (TPSA) is 132 Å². The van der Waals surface area contributed by atoms with Gasteiger partial charge in [0.1, 0.15) is 18.6 Å². The van der Waals surface area contributed by atoms with Crippen molar-refractivity contribution in [3.8, 4) is 0 Å². The summed E-state index contributed by atoms with van der Waals surface area (Å²) in [6, 6.07) is -0.784. The summed E-state index contributed by atoms with van der Waals surface area (Å²) in [6.45, 7) is 2.20. The van der Waals surface area contributed by atoms with Crippen molar-refractivity contribution in [1.82, 2.24) is 16.0 Å². The predicted octanol–water partition coefficient (Wildman–Crippen LogP) is -0.0898. The van der Waals surface area contributed by atoms with Crippen molar-refractivity contribution in [1.29, 1.82) is 0 Å². The lowest BCUT2D eigenvalue weighted by Gasteiger charge is -2.14. The molecule has 0 heterocycles. The third-order valence-electron chi connectivity index (χ3n) is 2.44. The molecule has 9 heteroatoms. The smallest absolute Gasteiger partial charge is 0.408 e. The Bertz CT molecular complexity index is 335. The number of unbranched alkanes of at least 4 members (excludes halogenated alkanes) is 1. The number of oxime groups is 1. The Morgan fingerprint density at radius 1 is 1.35 bits per heavy atom. The van der Waals surface area contributed by atoms with Gasteiger partial charge >= 0.3 is 12.1 Å². The van der Waals surface area contributed by atoms with Crippen LogP contribution in [0.1, 0.15) is 26.2 Å². The van der Waals surface area contributed by atoms with Gasteiger partial charge in [-0.25, -0.2) is 9.59 Å². The fourth-order valence-corrected chi connectivity index (χ4v) is 1.40. The molecule has 0 aliphatic carbocycles. The molecule has 1 atom stereocenters. The number of ether oxygens (including phenoxy) is 1. The number of hydrogen-bond donors (Lipinski definition) is 5. The molecule has 20 heavy (non-hydrogen) atoms. The van der Waals surface area contributed by atoms with E-state index in [1.54, 1.807) is 0 Å². The number of carboxylic acids is 1. The number of alkyl carbamates (subject to hydrolysis) is 1. The van der Waals surface area contributed by atoms with E-state index in [0.717, 1.165) is 6.42 Å². The minimum atomic E-state index is -0.996. The fraction of sp³-hybridized carbons (Fsp3) is 0.727. The predicted molar refractivity (Wildman–Crippen MR) is 71.7 cm³/mol. The zero-order chi connectivity index (χ0) is 15.4. The second kappa shape index (κ2) is 10.9. The van der Waals surface area contributed by atoms with E-state index in [0.29, 0.717) is 19.4 Å². The number of rotatable bonds is 9. The maximum absolute atomic E-state index is 10.9. The molecule has 5 N–H and O–H groups in total. The third kappa shape index (κ3) is 8.97. The molecule has 0 radical (unpaired) electrons. The van der Waals surface area contributed by atoms with Gasteiger partial charge in [-0.1, -0.05) is 5.16 Å². The highest BCUT2D eigenvalue weighted by atomic mass is 16.6. The molecule has 0 aromatic carbocycles. The number of nitrogens with zero attached hydrogens (tertiary/aromatic N) is 1. The minimum Gasteiger partial charge on any atom is -0.480 e. The molecule has 9 nitrogen and oxygen atoms in total. The Morgan fingerprint density at radius 2 is 2.05 bits per heavy atom. The van der Waals surface area contributed by atoms with E-state index in [1.165, 1.54) is 14.0 Å². The van der Waals surface area contributed by atoms with Crippen LogP contribution < -0.4 is 16.0 Å². The lowest BCUT2D eigenvalue weighted by atomic mass is 10.1. The maximum Gasteiger partial charge on any atom is 0.408 e. The number of carboxylic acid groups (broad SMARTS) is 1. The number of nitrogens with one attached hydrogen (secondary N) is 3. The molecule has 0 bridgehead atoms. The lowest BCUT2D eigenvalue weighted by molar-refractivity contribution is -0.139. The Labute approximate surface area is 117 Å². The number of aliphatic carboxylic acids is 1. The first-order valence-electron chi connectivity index (χ1n) is 6.24. The molecule has 0 aromatic rings. The van der Waals surface area contributed by atoms with Crippen LogP contribution in [0.15, 0.2) is 5.16 Å². The number of hydrogen-bond acceptors (Lipinski definition) is 6. The van der Waals surface area contributed by atoms with Crippen molar-refractivity contribution in [2.24, 2.45) is 5.16 Å². The first-order valence-corrected chi connectivity index (χ1v) is 6.24. The SMILES string of the molecule is CNC(=O)OCNCCCC[C@H](N/C(C)=N/O)C(=O)O. The Kier molecular flexibility index (Phi) is 9.75. The standard InChI is InChI=1S/C11H22N4O5/c1-8(15-19)14-9(10(16)17)5-3-4-6-13-7-20-11(18)12-2/h9,13,19H,3-7H2,1-2H3,(H,12,18)(H,14,15)(H,16,17)/t9-/m0/s1. The van der Waals surface area contributed by atoms with Crippen molar-refractivity contribution in [3.63, 3.8) is 0 Å². The Hall–Kier alpha value is -2.03. The summed E-state index contributed by atoms with van der Waals surface area (Å²) >= 11 is 0. The monoisotopic (exact) mass is 290 g/mol. The van der Waals surface area contributed by atoms with E-state index in [2.05, 4.69) is 21.1 Å². The van der Waals surface area contributed by atoms with Crippen LogP contribution in [-0.2, 0) is 9.53 Å². The van der Waals surface area contributed by atoms with Gasteiger partial charge in [-0.2, -0.15) is 0 Å². The zero-order valence-electron chi connectivity index (χ0n) is 11.7. The lowest BCUT2D eigenvalue weighted by Crippen LogP contribution is -2.39. The summed E-state index contributed by atoms with van der Waals surface area (Å²) in [5.41, 5.74) is 0. The summed E-state index contributed by atoms with van der Waals surface area (Å²) in [4.78, 5) is 21.7. The van der Waals surface area contributed by atoms with Gasteiger partial charge < -0.3 is 25.7 Å². The number of amides is 1. The van der Waals surface area contributed by atoms with Crippen molar-refractivity contribution < 1.29 is 24.6 Å². The van der Waals surface area contributed by atoms with Crippen molar-refractivity contribution in [3.05, 3.63) is 0 Å². The van der Waals surface area contributed by atoms with Crippen LogP contribution in [0.25, 0.3) is 0 Å². The van der Waals surface area contributed by atoms with Gasteiger partial charge in [-0.05, 0) is 32.7 Å². The van der Waals surface area contributed by atoms with Gasteiger partial charge in [0, 0.05) is 7.05 Å². The van der Waals surface area contributed by atoms with Crippen LogP contribution in [0.5, 0.6) is 0 Å². The highest BCUT2D eigenvalue weighted by molar-refractivity contribution is 5.85. The molecule has 0 saturated heterocycles. The molecule has 0 saturated carbocycles. The van der Waals surface area contributed by atoms with Crippen LogP contribution in [0, 0.1) is 0 Å². The largest absolute Gasteiger partial charge is 0.480 e. The van der Waals surface area contributed by atoms with E-state index >= 15 is 0 Å². The summed E-state index contributed by atoms with van der Waals surface area (Å²) in [5.74, 6) is -0.835. The van der Waals surface area contributed by atoms with E-state index in [1.807, 2.05) is 0 Å². The molecule has 0 aliphatic rings. The van der Waals surface area contributed by atoms with Crippen LogP contribution in [0.2, 0.25) is 0 Å². The quantitative estimate of drug-likeness (QED) is 0.100. The van der Waals surface area contributed by atoms with Crippen LogP contribution >= 0.6 is 0 Å². The Balaban J connectivity index is 3.69. The summed E-state index contributed by atoms with van der Waals surface area (Å²) in [7, 11) is 1.47. The van der Waals surface area contributed by atoms with Crippen LogP contribution in [-0.4, -0.2) is 54.6 Å². The van der Waals surface area contributed by atoms with Gasteiger partial charge in [-0.3, -0.25) is 5.32 Å². The number of carbonyl (C=O) groups is 2. The average molecular weight is 290 g/mol. The fourth-order valence-electron chi connectivity index (χ4n) is 1.40. The molecule has 0 fully saturated rings. The first-order chi connectivity index (χ1) is 9.51. The van der Waals surface area contributed by atoms with Gasteiger partial charge in [0.2, 0.25) is 0 Å². The van der Waals surface area contributed by atoms with Gasteiger partial charge in [0.25, 0.3) is 0 Å². The highest BCUT2D eigenvalue weighted by Crippen LogP contribution is 2.01. The molecular formula is C11H22N4O5. The summed E-state index contributed by atoms with van der Waals surface area (Å²) < 4.78 is 4.71. The second-order valence-electron chi connectivity index (χ2n) is 4.04. The minimum absolute atomic E-state index is 0.108. The molecule has 0 unspecified atom stereocenters. The molecule has 0 aliphatic heterocycles. The van der Waals surface area contributed by atoms with Crippen molar-refractivity contribution >= 4 is 17.9 Å². The zero-order valence-corrected chi connectivity index (χ0v) is 11.7. The van der Waals surface area contributed by atoms with Crippen LogP contribution in [0.3, 0.4) is 0 Å². The van der Waals surface area contributed by atoms with Gasteiger partial charge in [-0.15, -0.1) is 0 Å². The summed E-state index contributed by atoms with van der Waals surface area (Å²) in [6.07, 6.45) is 1.29. The van der Waals surface area contributed by atoms with E-state index in [4.69, 9.17) is 15.1 Å². The molecule has 116 valence electrons. The third-order valence-corrected chi connectivity index (χ3v) is 2.44. The molecule has 0 rings (SSSR count). The second-order valence-corrected chi connectivity index (χ2v) is 4.04. The molecule has 0 spiro atoms. The first kappa shape index (κ1) is 18.0. The normalized spacial score (nSPS) is 12.6. The van der Waals surface area contributed by atoms with E-state index in [-0.39, 0.29) is 12.6 Å². The molecule has 1 amide bonds. The van der Waals surface area contributed by atoms with Crippen LogP contribution in [0.4, 0.5) is 4.79 Å². The van der Waals surface area contributed by atoms with Gasteiger partial charge in [0.05, 0.1) is 0 Å². The number of amidine groups is 1. The number of carbonyl (C=O) groups excluding carboxylic acids is 1.